The quantitative estimate of drug-likeness (QED) is 0.0266. The molecular weight excluding hydrogens is 1070 g/mol. The second-order valence-electron chi connectivity index (χ2n) is 19.0. The van der Waals surface area contributed by atoms with Gasteiger partial charge in [0.25, 0.3) is 20.2 Å². The molecule has 0 aromatic heterocycles. The molecule has 2 aromatic rings. The molecule has 0 saturated carbocycles. The Labute approximate surface area is 449 Å². The van der Waals surface area contributed by atoms with Gasteiger partial charge in [-0.1, -0.05) is 50.8 Å². The van der Waals surface area contributed by atoms with Crippen molar-refractivity contribution < 1.29 is 72.3 Å². The van der Waals surface area contributed by atoms with Crippen LogP contribution in [0.3, 0.4) is 0 Å². The van der Waals surface area contributed by atoms with Gasteiger partial charge in [-0.3, -0.25) is 37.9 Å². The van der Waals surface area contributed by atoms with Gasteiger partial charge >= 0.3 is 0 Å². The summed E-state index contributed by atoms with van der Waals surface area (Å²) in [6, 6.07) is 7.81. The van der Waals surface area contributed by atoms with Gasteiger partial charge in [0.15, 0.2) is 5.71 Å². The number of nitrogens with zero attached hydrogens (tertiary/aromatic N) is 2. The van der Waals surface area contributed by atoms with Gasteiger partial charge < -0.3 is 36.0 Å². The Balaban J connectivity index is 1.33. The van der Waals surface area contributed by atoms with Gasteiger partial charge in [0, 0.05) is 72.6 Å². The highest BCUT2D eigenvalue weighted by Crippen LogP contribution is 2.48. The first-order valence-corrected chi connectivity index (χ1v) is 30.1. The smallest absolute Gasteiger partial charge is 0.294 e. The van der Waals surface area contributed by atoms with Crippen LogP contribution in [0.25, 0.3) is 0 Å². The van der Waals surface area contributed by atoms with Gasteiger partial charge in [0.1, 0.15) is 22.7 Å². The second-order valence-corrected chi connectivity index (χ2v) is 24.5. The Morgan fingerprint density at radius 1 is 0.737 bits per heavy atom. The number of amides is 5. The number of rotatable bonds is 29. The van der Waals surface area contributed by atoms with Crippen LogP contribution in [0.5, 0.6) is 0 Å². The summed E-state index contributed by atoms with van der Waals surface area (Å²) in [5, 5.41) is 11.9. The van der Waals surface area contributed by atoms with Crippen molar-refractivity contribution in [2.75, 3.05) is 55.7 Å². The van der Waals surface area contributed by atoms with E-state index in [2.05, 4.69) is 36.1 Å². The van der Waals surface area contributed by atoms with Crippen molar-refractivity contribution in [1.29, 1.82) is 0 Å². The zero-order chi connectivity index (χ0) is 56.6. The Hall–Kier alpha value is -5.77. The highest BCUT2D eigenvalue weighted by Gasteiger charge is 2.45. The van der Waals surface area contributed by atoms with Gasteiger partial charge in [-0.05, 0) is 94.8 Å². The lowest BCUT2D eigenvalue weighted by Gasteiger charge is -2.25. The van der Waals surface area contributed by atoms with E-state index < -0.39 is 88.9 Å². The van der Waals surface area contributed by atoms with E-state index in [-0.39, 0.29) is 59.7 Å². The van der Waals surface area contributed by atoms with Crippen molar-refractivity contribution in [2.45, 2.75) is 120 Å². The molecule has 5 amide bonds. The number of allylic oxidation sites excluding steroid dienone is 6. The lowest BCUT2D eigenvalue weighted by Crippen LogP contribution is -2.51. The summed E-state index contributed by atoms with van der Waals surface area (Å²) < 4.78 is 102. The summed E-state index contributed by atoms with van der Waals surface area (Å²) in [6.45, 7) is 11.4. The Morgan fingerprint density at radius 3 is 2.07 bits per heavy atom. The van der Waals surface area contributed by atoms with Crippen molar-refractivity contribution >= 4 is 93.9 Å². The standard InChI is InChI=1S/C50H69N7O15S4/c1-7-43(58)52-32-46(61)55-38(48(63)54-31-45(60)53-33-47(62)73-27-28-74(64,65)66)17-14-15-25-51-44(59)20-13-10-16-26-57-40-24-22-35(76(70,71)72)30-37(40)50(5,6)42(57)19-12-9-11-18-41-49(3,4)36-29-34(75(67,68)69)21-23-39(36)56(41)8-2/h9,11-12,18-19,21-24,29-30,38H,7-8,10,13-17,20,25-28,31-33H2,1-6H3,(H7-,51,52,53,54,55,58,59,60,61,63,64,65,66,67,68,69,70,71,72)/t38-/m0/s1. The van der Waals surface area contributed by atoms with E-state index in [0.717, 1.165) is 28.3 Å². The van der Waals surface area contributed by atoms with Crippen molar-refractivity contribution in [2.24, 2.45) is 0 Å². The van der Waals surface area contributed by atoms with Crippen LogP contribution in [-0.4, -0.2) is 141 Å². The minimum atomic E-state index is -4.65. The predicted octanol–water partition coefficient (Wildman–Crippen LogP) is 3.27. The number of hydrogen-bond donors (Lipinski definition) is 7. The lowest BCUT2D eigenvalue weighted by atomic mass is 9.81. The third-order valence-corrected chi connectivity index (χ3v) is 16.3. The van der Waals surface area contributed by atoms with E-state index in [9.17, 15) is 63.1 Å². The number of carbonyl (C=O) groups is 6. The zero-order valence-corrected chi connectivity index (χ0v) is 46.7. The Bertz CT molecular complexity index is 2990. The van der Waals surface area contributed by atoms with Crippen molar-refractivity contribution in [3.8, 4) is 0 Å². The SMILES string of the molecule is CCC(=O)NCC(=O)N[C@@H](CCCCNC(=O)CCCCC[N+]1=C(/C=C/C=C/C=C2/N(CC)c3ccc(S(=O)(=O)[O-])cc3C2(C)C)C(C)(C)c2cc(S(=O)(=O)O)ccc21)C(=O)NCC(=O)NCC(=O)SCCS(=O)(=O)O. The number of nitrogens with one attached hydrogen (secondary N) is 5. The molecule has 0 unspecified atom stereocenters. The molecule has 0 saturated heterocycles. The fourth-order valence-electron chi connectivity index (χ4n) is 8.74. The minimum absolute atomic E-state index is 0.115. The van der Waals surface area contributed by atoms with Crippen LogP contribution in [-0.2, 0) is 70.0 Å². The number of carbonyl (C=O) groups excluding carboxylic acids is 6. The largest absolute Gasteiger partial charge is 0.744 e. The average molecular weight is 1140 g/mol. The molecule has 1 atom stereocenters. The molecule has 22 nitrogen and oxygen atoms in total. The van der Waals surface area contributed by atoms with Gasteiger partial charge in [-0.25, -0.2) is 8.42 Å². The summed E-state index contributed by atoms with van der Waals surface area (Å²) in [5.74, 6) is -3.52. The van der Waals surface area contributed by atoms with Crippen LogP contribution in [0.2, 0.25) is 0 Å². The van der Waals surface area contributed by atoms with Gasteiger partial charge in [-0.2, -0.15) is 21.4 Å². The van der Waals surface area contributed by atoms with Crippen LogP contribution < -0.4 is 31.5 Å². The van der Waals surface area contributed by atoms with Gasteiger partial charge in [0.2, 0.25) is 40.3 Å². The Kier molecular flexibility index (Phi) is 22.7. The second kappa shape index (κ2) is 27.5. The van der Waals surface area contributed by atoms with Gasteiger partial charge in [0.05, 0.1) is 40.6 Å². The molecule has 0 radical (unpaired) electrons. The highest BCUT2D eigenvalue weighted by atomic mass is 32.2. The first-order valence-electron chi connectivity index (χ1n) is 24.7. The minimum Gasteiger partial charge on any atom is -0.744 e. The fraction of sp³-hybridized carbons (Fsp3) is 0.500. The van der Waals surface area contributed by atoms with Crippen molar-refractivity contribution in [1.82, 2.24) is 26.6 Å². The number of unbranched alkanes of at least 4 members (excludes halogenated alkanes) is 3. The summed E-state index contributed by atoms with van der Waals surface area (Å²) in [4.78, 5) is 76.0. The third kappa shape index (κ3) is 18.2. The first-order chi connectivity index (χ1) is 35.5. The number of fused-ring (bicyclic) bond motifs is 2. The molecule has 4 rings (SSSR count). The van der Waals surface area contributed by atoms with E-state index >= 15 is 0 Å². The van der Waals surface area contributed by atoms with Crippen LogP contribution in [0.1, 0.15) is 104 Å². The zero-order valence-electron chi connectivity index (χ0n) is 43.5. The summed E-state index contributed by atoms with van der Waals surface area (Å²) in [7, 11) is -13.4. The maximum Gasteiger partial charge on any atom is 0.294 e. The van der Waals surface area contributed by atoms with Crippen LogP contribution >= 0.6 is 11.8 Å². The number of likely N-dealkylation sites (N-methyl/N-ethyl adjacent to an activating group) is 1. The topological polar surface area (TPSA) is 335 Å². The molecule has 418 valence electrons. The number of hydrogen-bond acceptors (Lipinski definition) is 15. The molecule has 0 fully saturated rings. The Morgan fingerprint density at radius 2 is 1.41 bits per heavy atom. The first kappa shape index (κ1) is 62.8. The van der Waals surface area contributed by atoms with E-state index in [1.165, 1.54) is 24.3 Å². The van der Waals surface area contributed by atoms with Crippen molar-refractivity contribution in [3.05, 3.63) is 83.6 Å². The summed E-state index contributed by atoms with van der Waals surface area (Å²) in [5.41, 5.74) is 3.49. The number of thioether (sulfide) groups is 1. The lowest BCUT2D eigenvalue weighted by molar-refractivity contribution is -0.438. The maximum atomic E-state index is 13.1. The molecule has 0 spiro atoms. The van der Waals surface area contributed by atoms with Crippen LogP contribution in [0, 0.1) is 0 Å². The van der Waals surface area contributed by atoms with E-state index in [1.807, 2.05) is 65.0 Å². The molecule has 2 heterocycles. The van der Waals surface area contributed by atoms with Crippen LogP contribution in [0.15, 0.2) is 82.3 Å². The maximum absolute atomic E-state index is 13.1. The molecule has 2 aliphatic heterocycles. The number of anilines is 1. The molecule has 76 heavy (non-hydrogen) atoms. The summed E-state index contributed by atoms with van der Waals surface area (Å²) >= 11 is 0.595. The average Bonchev–Trinajstić information content (AvgIpc) is 3.69. The van der Waals surface area contributed by atoms with Crippen molar-refractivity contribution in [3.63, 3.8) is 0 Å². The molecule has 0 bridgehead atoms. The predicted molar refractivity (Wildman–Crippen MR) is 286 cm³/mol. The molecule has 0 aliphatic carbocycles. The van der Waals surface area contributed by atoms with E-state index in [4.69, 9.17) is 4.55 Å². The highest BCUT2D eigenvalue weighted by molar-refractivity contribution is 8.14. The van der Waals surface area contributed by atoms with Gasteiger partial charge in [-0.15, -0.1) is 0 Å². The van der Waals surface area contributed by atoms with Crippen LogP contribution in [0.4, 0.5) is 11.4 Å². The third-order valence-electron chi connectivity index (χ3n) is 12.8. The summed E-state index contributed by atoms with van der Waals surface area (Å²) in [6.07, 6.45) is 12.6. The number of benzene rings is 2. The molecule has 2 aliphatic rings. The molecule has 7 N–H and O–H groups in total. The molecule has 26 heteroatoms. The monoisotopic (exact) mass is 1140 g/mol. The molecule has 2 aromatic carbocycles. The van der Waals surface area contributed by atoms with E-state index in [1.54, 1.807) is 19.1 Å². The molecular formula is C50H69N7O15S4. The fourth-order valence-corrected chi connectivity index (χ4v) is 11.3. The normalized spacial score (nSPS) is 15.9. The van der Waals surface area contributed by atoms with E-state index in [0.29, 0.717) is 62.5 Å².